The van der Waals surface area contributed by atoms with Crippen LogP contribution in [0.3, 0.4) is 0 Å². The summed E-state index contributed by atoms with van der Waals surface area (Å²) in [7, 11) is 1.92. The van der Waals surface area contributed by atoms with Crippen molar-refractivity contribution in [3.63, 3.8) is 0 Å². The predicted molar refractivity (Wildman–Crippen MR) is 144 cm³/mol. The van der Waals surface area contributed by atoms with Crippen LogP contribution in [0.15, 0.2) is 65.6 Å². The number of hydrogen-bond acceptors (Lipinski definition) is 7. The molecule has 0 spiro atoms. The smallest absolute Gasteiger partial charge is 0.307 e. The average Bonchev–Trinajstić information content (AvgIpc) is 3.31. The van der Waals surface area contributed by atoms with Crippen molar-refractivity contribution in [2.45, 2.75) is 45.5 Å². The highest BCUT2D eigenvalue weighted by Gasteiger charge is 2.28. The number of aromatic nitrogens is 4. The minimum Gasteiger partial charge on any atom is -0.444 e. The van der Waals surface area contributed by atoms with Crippen LogP contribution in [-0.2, 0) is 22.8 Å². The second-order valence-corrected chi connectivity index (χ2v) is 9.45. The number of fused-ring (bicyclic) bond motifs is 1. The van der Waals surface area contributed by atoms with E-state index in [4.69, 9.17) is 9.72 Å². The summed E-state index contributed by atoms with van der Waals surface area (Å²) in [5.74, 6) is 0.741. The molecule has 1 fully saturated rings. The number of imidazole rings is 1. The zero-order chi connectivity index (χ0) is 26.6. The number of piperidine rings is 1. The van der Waals surface area contributed by atoms with Crippen molar-refractivity contribution in [1.82, 2.24) is 19.1 Å². The fraction of sp³-hybridized carbons (Fsp3) is 0.357. The third-order valence-electron chi connectivity index (χ3n) is 7.06. The first kappa shape index (κ1) is 25.4. The number of anilines is 2. The molecule has 3 heterocycles. The molecule has 38 heavy (non-hydrogen) atoms. The Bertz CT molecular complexity index is 1470. The maximum Gasteiger partial charge on any atom is 0.307 e. The number of esters is 1. The van der Waals surface area contributed by atoms with Gasteiger partial charge in [-0.2, -0.15) is 0 Å². The highest BCUT2D eigenvalue weighted by atomic mass is 19.1. The summed E-state index contributed by atoms with van der Waals surface area (Å²) in [6.45, 7) is 3.67. The lowest BCUT2D eigenvalue weighted by molar-refractivity contribution is -0.147. The van der Waals surface area contributed by atoms with Gasteiger partial charge in [-0.3, -0.25) is 9.59 Å². The van der Waals surface area contributed by atoms with Crippen LogP contribution in [0.2, 0.25) is 0 Å². The van der Waals surface area contributed by atoms with E-state index in [1.807, 2.05) is 30.1 Å². The van der Waals surface area contributed by atoms with Crippen LogP contribution in [0.4, 0.5) is 16.3 Å². The van der Waals surface area contributed by atoms with E-state index < -0.39 is 0 Å². The number of rotatable bonds is 8. The molecule has 198 valence electrons. The van der Waals surface area contributed by atoms with Gasteiger partial charge in [0.2, 0.25) is 11.9 Å². The number of hydrogen-bond donors (Lipinski definition) is 0. The SMILES string of the molecule is CCC(=O)OCn1c(N(C)C2CCN(c3nc4ccccc4n3Cc3ccc(F)cc3)CC2)nccc1=O. The lowest BCUT2D eigenvalue weighted by Gasteiger charge is -2.38. The third kappa shape index (κ3) is 5.25. The molecule has 0 aliphatic carbocycles. The van der Waals surface area contributed by atoms with Crippen molar-refractivity contribution in [3.8, 4) is 0 Å². The van der Waals surface area contributed by atoms with Gasteiger partial charge in [0.1, 0.15) is 5.82 Å². The molecular weight excluding hydrogens is 487 g/mol. The predicted octanol–water partition coefficient (Wildman–Crippen LogP) is 3.80. The van der Waals surface area contributed by atoms with E-state index >= 15 is 0 Å². The molecule has 0 N–H and O–H groups in total. The quantitative estimate of drug-likeness (QED) is 0.328. The Morgan fingerprint density at radius 2 is 1.82 bits per heavy atom. The summed E-state index contributed by atoms with van der Waals surface area (Å²) < 4.78 is 22.3. The molecule has 10 heteroatoms. The summed E-state index contributed by atoms with van der Waals surface area (Å²) in [4.78, 5) is 37.9. The van der Waals surface area contributed by atoms with Crippen LogP contribution in [0.1, 0.15) is 31.7 Å². The second kappa shape index (κ2) is 11.0. The Kier molecular flexibility index (Phi) is 7.39. The molecule has 9 nitrogen and oxygen atoms in total. The van der Waals surface area contributed by atoms with Crippen LogP contribution in [0, 0.1) is 5.82 Å². The van der Waals surface area contributed by atoms with Crippen LogP contribution >= 0.6 is 0 Å². The molecule has 0 atom stereocenters. The zero-order valence-corrected chi connectivity index (χ0v) is 21.6. The monoisotopic (exact) mass is 518 g/mol. The number of halogens is 1. The number of carbonyl (C=O) groups is 1. The lowest BCUT2D eigenvalue weighted by Crippen LogP contribution is -2.46. The van der Waals surface area contributed by atoms with E-state index in [0.29, 0.717) is 12.5 Å². The molecule has 0 radical (unpaired) electrons. The van der Waals surface area contributed by atoms with Crippen molar-refractivity contribution in [3.05, 3.63) is 82.5 Å². The minimum atomic E-state index is -0.369. The van der Waals surface area contributed by atoms with Crippen molar-refractivity contribution in [1.29, 1.82) is 0 Å². The summed E-state index contributed by atoms with van der Waals surface area (Å²) >= 11 is 0. The first-order valence-corrected chi connectivity index (χ1v) is 12.8. The maximum absolute atomic E-state index is 13.5. The number of nitrogens with zero attached hydrogens (tertiary/aromatic N) is 6. The first-order valence-electron chi connectivity index (χ1n) is 12.8. The zero-order valence-electron chi connectivity index (χ0n) is 21.6. The topological polar surface area (TPSA) is 85.5 Å². The van der Waals surface area contributed by atoms with Gasteiger partial charge in [-0.1, -0.05) is 31.2 Å². The van der Waals surface area contributed by atoms with Gasteiger partial charge in [-0.05, 0) is 42.7 Å². The van der Waals surface area contributed by atoms with Crippen molar-refractivity contribution < 1.29 is 13.9 Å². The Morgan fingerprint density at radius 1 is 1.08 bits per heavy atom. The molecule has 5 rings (SSSR count). The molecule has 0 unspecified atom stereocenters. The molecule has 0 amide bonds. The Labute approximate surface area is 220 Å². The number of para-hydroxylation sites is 2. The Morgan fingerprint density at radius 3 is 2.55 bits per heavy atom. The average molecular weight is 519 g/mol. The van der Waals surface area contributed by atoms with E-state index in [9.17, 15) is 14.0 Å². The molecule has 1 saturated heterocycles. The minimum absolute atomic E-state index is 0.142. The maximum atomic E-state index is 13.5. The summed E-state index contributed by atoms with van der Waals surface area (Å²) in [6.07, 6.45) is 3.38. The fourth-order valence-corrected chi connectivity index (χ4v) is 4.92. The highest BCUT2D eigenvalue weighted by Crippen LogP contribution is 2.28. The van der Waals surface area contributed by atoms with Gasteiger partial charge in [0.15, 0.2) is 6.73 Å². The molecule has 1 aliphatic heterocycles. The molecule has 4 aromatic rings. The summed E-state index contributed by atoms with van der Waals surface area (Å²) in [6, 6.07) is 16.1. The van der Waals surface area contributed by atoms with Crippen molar-refractivity contribution in [2.24, 2.45) is 0 Å². The van der Waals surface area contributed by atoms with E-state index in [-0.39, 0.29) is 36.5 Å². The highest BCUT2D eigenvalue weighted by molar-refractivity contribution is 5.79. The molecular formula is C28H31FN6O3. The second-order valence-electron chi connectivity index (χ2n) is 9.45. The number of carbonyl (C=O) groups excluding carboxylic acids is 1. The molecule has 1 aliphatic rings. The first-order chi connectivity index (χ1) is 18.4. The van der Waals surface area contributed by atoms with Crippen LogP contribution in [-0.4, -0.2) is 51.3 Å². The van der Waals surface area contributed by atoms with Gasteiger partial charge in [0, 0.05) is 44.9 Å². The van der Waals surface area contributed by atoms with Gasteiger partial charge in [0.05, 0.1) is 17.6 Å². The lowest BCUT2D eigenvalue weighted by atomic mass is 10.0. The van der Waals surface area contributed by atoms with E-state index in [2.05, 4.69) is 20.5 Å². The normalized spacial score (nSPS) is 14.1. The standard InChI is InChI=1S/C28H31FN6O3/c1-3-26(37)38-19-35-25(36)12-15-30-27(35)32(2)22-13-16-33(17-14-22)28-31-23-6-4-5-7-24(23)34(28)18-20-8-10-21(29)11-9-20/h4-12,15,22H,3,13-14,16-19H2,1-2H3. The van der Waals surface area contributed by atoms with Gasteiger partial charge < -0.3 is 19.1 Å². The molecule has 2 aromatic carbocycles. The third-order valence-corrected chi connectivity index (χ3v) is 7.06. The molecule has 0 bridgehead atoms. The largest absolute Gasteiger partial charge is 0.444 e. The molecule has 0 saturated carbocycles. The number of ether oxygens (including phenoxy) is 1. The van der Waals surface area contributed by atoms with E-state index in [1.165, 1.54) is 29.0 Å². The summed E-state index contributed by atoms with van der Waals surface area (Å²) in [5, 5.41) is 0. The Hall–Kier alpha value is -4.21. The van der Waals surface area contributed by atoms with Gasteiger partial charge >= 0.3 is 5.97 Å². The van der Waals surface area contributed by atoms with Gasteiger partial charge in [-0.15, -0.1) is 0 Å². The fourth-order valence-electron chi connectivity index (χ4n) is 4.92. The van der Waals surface area contributed by atoms with Gasteiger partial charge in [0.25, 0.3) is 5.56 Å². The number of benzene rings is 2. The van der Waals surface area contributed by atoms with Crippen LogP contribution in [0.25, 0.3) is 11.0 Å². The summed E-state index contributed by atoms with van der Waals surface area (Å²) in [5.41, 5.74) is 2.69. The van der Waals surface area contributed by atoms with E-state index in [0.717, 1.165) is 48.5 Å². The Balaban J connectivity index is 1.34. The van der Waals surface area contributed by atoms with Crippen LogP contribution in [0.5, 0.6) is 0 Å². The van der Waals surface area contributed by atoms with E-state index in [1.54, 1.807) is 19.1 Å². The van der Waals surface area contributed by atoms with Crippen molar-refractivity contribution in [2.75, 3.05) is 29.9 Å². The van der Waals surface area contributed by atoms with Crippen molar-refractivity contribution >= 4 is 28.9 Å². The molecule has 2 aromatic heterocycles. The van der Waals surface area contributed by atoms with Crippen LogP contribution < -0.4 is 15.4 Å². The van der Waals surface area contributed by atoms with Gasteiger partial charge in [-0.25, -0.2) is 18.9 Å².